The van der Waals surface area contributed by atoms with Crippen LogP contribution in [0.5, 0.6) is 0 Å². The maximum absolute atomic E-state index is 12.0. The highest BCUT2D eigenvalue weighted by atomic mass is 16.6. The van der Waals surface area contributed by atoms with E-state index in [0.717, 1.165) is 38.2 Å². The number of carbonyl (C=O) groups excluding carboxylic acids is 1. The maximum Gasteiger partial charge on any atom is 0.410 e. The minimum Gasteiger partial charge on any atom is -0.444 e. The molecule has 22 heavy (non-hydrogen) atoms. The van der Waals surface area contributed by atoms with Crippen LogP contribution in [0.4, 0.5) is 16.2 Å². The quantitative estimate of drug-likeness (QED) is 0.897. The Hall–Kier alpha value is -1.98. The molecule has 1 aromatic heterocycles. The number of carbonyl (C=O) groups is 1. The zero-order chi connectivity index (χ0) is 16.2. The molecule has 1 aliphatic rings. The number of anilines is 2. The summed E-state index contributed by atoms with van der Waals surface area (Å²) in [4.78, 5) is 17.8. The van der Waals surface area contributed by atoms with Crippen molar-refractivity contribution in [3.8, 4) is 0 Å². The van der Waals surface area contributed by atoms with E-state index in [1.165, 1.54) is 0 Å². The molecule has 6 nitrogen and oxygen atoms in total. The average Bonchev–Trinajstić information content (AvgIpc) is 2.45. The Labute approximate surface area is 132 Å². The number of likely N-dealkylation sites (tertiary alicyclic amines) is 1. The molecule has 0 saturated carbocycles. The monoisotopic (exact) mass is 306 g/mol. The molecular formula is C16H26N4O2. The first-order valence-corrected chi connectivity index (χ1v) is 7.76. The zero-order valence-electron chi connectivity index (χ0n) is 13.6. The van der Waals surface area contributed by atoms with Crippen LogP contribution in [-0.4, -0.2) is 41.2 Å². The van der Waals surface area contributed by atoms with Crippen LogP contribution in [0, 0.1) is 5.92 Å². The number of piperidine rings is 1. The fourth-order valence-corrected chi connectivity index (χ4v) is 2.47. The standard InChI is InChI=1S/C16H26N4O2/c1-16(2,3)22-15(21)20-8-5-12(6-9-20)10-19-14-4-7-18-11-13(14)17/h4,7,11-12H,5-6,8-10,17H2,1-3H3,(H,18,19). The molecule has 1 aromatic rings. The first kappa shape index (κ1) is 16.4. The summed E-state index contributed by atoms with van der Waals surface area (Å²) in [6, 6.07) is 1.88. The van der Waals surface area contributed by atoms with Crippen molar-refractivity contribution in [2.45, 2.75) is 39.2 Å². The SMILES string of the molecule is CC(C)(C)OC(=O)N1CCC(CNc2ccncc2N)CC1. The smallest absolute Gasteiger partial charge is 0.410 e. The topological polar surface area (TPSA) is 80.5 Å². The van der Waals surface area contributed by atoms with Crippen molar-refractivity contribution >= 4 is 17.5 Å². The summed E-state index contributed by atoms with van der Waals surface area (Å²) in [6.45, 7) is 8.01. The van der Waals surface area contributed by atoms with Gasteiger partial charge in [-0.1, -0.05) is 0 Å². The third-order valence-electron chi connectivity index (χ3n) is 3.70. The third-order valence-corrected chi connectivity index (χ3v) is 3.70. The van der Waals surface area contributed by atoms with Gasteiger partial charge in [0.1, 0.15) is 5.60 Å². The molecule has 2 heterocycles. The summed E-state index contributed by atoms with van der Waals surface area (Å²) >= 11 is 0. The van der Waals surface area contributed by atoms with Crippen molar-refractivity contribution in [3.05, 3.63) is 18.5 Å². The van der Waals surface area contributed by atoms with Gasteiger partial charge >= 0.3 is 6.09 Å². The van der Waals surface area contributed by atoms with Gasteiger partial charge in [-0.05, 0) is 45.6 Å². The Balaban J connectivity index is 1.76. The van der Waals surface area contributed by atoms with Crippen LogP contribution in [0.2, 0.25) is 0 Å². The second-order valence-electron chi connectivity index (χ2n) is 6.75. The largest absolute Gasteiger partial charge is 0.444 e. The van der Waals surface area contributed by atoms with Crippen molar-refractivity contribution in [3.63, 3.8) is 0 Å². The van der Waals surface area contributed by atoms with Gasteiger partial charge in [-0.2, -0.15) is 0 Å². The van der Waals surface area contributed by atoms with Crippen LogP contribution in [0.3, 0.4) is 0 Å². The number of nitrogens with two attached hydrogens (primary N) is 1. The van der Waals surface area contributed by atoms with Gasteiger partial charge < -0.3 is 20.7 Å². The molecule has 0 bridgehead atoms. The number of amides is 1. The Bertz CT molecular complexity index is 505. The van der Waals surface area contributed by atoms with Crippen molar-refractivity contribution in [1.82, 2.24) is 9.88 Å². The highest BCUT2D eigenvalue weighted by Gasteiger charge is 2.26. The minimum absolute atomic E-state index is 0.211. The summed E-state index contributed by atoms with van der Waals surface area (Å²) in [5.74, 6) is 0.534. The number of aromatic nitrogens is 1. The molecule has 122 valence electrons. The van der Waals surface area contributed by atoms with Crippen LogP contribution in [0.1, 0.15) is 33.6 Å². The molecule has 1 saturated heterocycles. The molecule has 0 aliphatic carbocycles. The first-order chi connectivity index (χ1) is 10.3. The van der Waals surface area contributed by atoms with Gasteiger partial charge in [0, 0.05) is 25.8 Å². The maximum atomic E-state index is 12.0. The number of hydrogen-bond donors (Lipinski definition) is 2. The summed E-state index contributed by atoms with van der Waals surface area (Å²) < 4.78 is 5.41. The number of nitrogens with zero attached hydrogens (tertiary/aromatic N) is 2. The highest BCUT2D eigenvalue weighted by molar-refractivity contribution is 5.68. The van der Waals surface area contributed by atoms with Gasteiger partial charge in [0.25, 0.3) is 0 Å². The van der Waals surface area contributed by atoms with Gasteiger partial charge in [-0.3, -0.25) is 4.98 Å². The molecule has 0 unspecified atom stereocenters. The van der Waals surface area contributed by atoms with Crippen LogP contribution >= 0.6 is 0 Å². The first-order valence-electron chi connectivity index (χ1n) is 7.76. The Morgan fingerprint density at radius 2 is 2.14 bits per heavy atom. The van der Waals surface area contributed by atoms with Crippen LogP contribution in [0.25, 0.3) is 0 Å². The Morgan fingerprint density at radius 1 is 1.45 bits per heavy atom. The summed E-state index contributed by atoms with van der Waals surface area (Å²) in [5.41, 5.74) is 7.01. The Kier molecular flexibility index (Phi) is 5.11. The van der Waals surface area contributed by atoms with Crippen LogP contribution < -0.4 is 11.1 Å². The molecule has 0 atom stereocenters. The van der Waals surface area contributed by atoms with Gasteiger partial charge in [-0.25, -0.2) is 4.79 Å². The van der Waals surface area contributed by atoms with Gasteiger partial charge in [0.2, 0.25) is 0 Å². The van der Waals surface area contributed by atoms with E-state index >= 15 is 0 Å². The van der Waals surface area contributed by atoms with Crippen molar-refractivity contribution in [2.75, 3.05) is 30.7 Å². The van der Waals surface area contributed by atoms with E-state index in [-0.39, 0.29) is 6.09 Å². The van der Waals surface area contributed by atoms with E-state index in [0.29, 0.717) is 11.6 Å². The van der Waals surface area contributed by atoms with E-state index in [1.807, 2.05) is 26.8 Å². The van der Waals surface area contributed by atoms with Gasteiger partial charge in [-0.15, -0.1) is 0 Å². The van der Waals surface area contributed by atoms with E-state index in [2.05, 4.69) is 10.3 Å². The van der Waals surface area contributed by atoms with Crippen LogP contribution in [-0.2, 0) is 4.74 Å². The summed E-state index contributed by atoms with van der Waals surface area (Å²) in [5, 5.41) is 3.37. The molecule has 3 N–H and O–H groups in total. The fourth-order valence-electron chi connectivity index (χ4n) is 2.47. The lowest BCUT2D eigenvalue weighted by atomic mass is 9.97. The highest BCUT2D eigenvalue weighted by Crippen LogP contribution is 2.22. The lowest BCUT2D eigenvalue weighted by molar-refractivity contribution is 0.0188. The normalized spacial score (nSPS) is 16.4. The van der Waals surface area contributed by atoms with E-state index < -0.39 is 5.60 Å². The average molecular weight is 306 g/mol. The predicted molar refractivity (Wildman–Crippen MR) is 87.7 cm³/mol. The number of rotatable bonds is 3. The number of ether oxygens (including phenoxy) is 1. The molecule has 2 rings (SSSR count). The Morgan fingerprint density at radius 3 is 2.73 bits per heavy atom. The van der Waals surface area contributed by atoms with Crippen molar-refractivity contribution in [1.29, 1.82) is 0 Å². The molecular weight excluding hydrogens is 280 g/mol. The van der Waals surface area contributed by atoms with Gasteiger partial charge in [0.15, 0.2) is 0 Å². The lowest BCUT2D eigenvalue weighted by Crippen LogP contribution is -2.42. The second-order valence-corrected chi connectivity index (χ2v) is 6.75. The summed E-state index contributed by atoms with van der Waals surface area (Å²) in [7, 11) is 0. The van der Waals surface area contributed by atoms with E-state index in [4.69, 9.17) is 10.5 Å². The minimum atomic E-state index is -0.436. The molecule has 1 aliphatic heterocycles. The molecule has 0 aromatic carbocycles. The predicted octanol–water partition coefficient (Wildman–Crippen LogP) is 2.72. The van der Waals surface area contributed by atoms with E-state index in [9.17, 15) is 4.79 Å². The van der Waals surface area contributed by atoms with Gasteiger partial charge in [0.05, 0.1) is 17.6 Å². The third kappa shape index (κ3) is 4.79. The number of pyridine rings is 1. The lowest BCUT2D eigenvalue weighted by Gasteiger charge is -2.33. The molecule has 1 fully saturated rings. The van der Waals surface area contributed by atoms with Crippen molar-refractivity contribution in [2.24, 2.45) is 5.92 Å². The number of hydrogen-bond acceptors (Lipinski definition) is 5. The molecule has 0 spiro atoms. The van der Waals surface area contributed by atoms with Crippen molar-refractivity contribution < 1.29 is 9.53 Å². The number of nitrogen functional groups attached to an aromatic ring is 1. The molecule has 1 amide bonds. The molecule has 6 heteroatoms. The number of nitrogens with one attached hydrogen (secondary N) is 1. The molecule has 0 radical (unpaired) electrons. The van der Waals surface area contributed by atoms with E-state index in [1.54, 1.807) is 17.3 Å². The second kappa shape index (κ2) is 6.85. The van der Waals surface area contributed by atoms with Crippen LogP contribution in [0.15, 0.2) is 18.5 Å². The zero-order valence-corrected chi connectivity index (χ0v) is 13.6. The summed E-state index contributed by atoms with van der Waals surface area (Å²) in [6.07, 6.45) is 5.10. The fraction of sp³-hybridized carbons (Fsp3) is 0.625.